The van der Waals surface area contributed by atoms with Crippen LogP contribution in [0.5, 0.6) is 5.88 Å². The molecule has 0 bridgehead atoms. The lowest BCUT2D eigenvalue weighted by molar-refractivity contribution is 0.120. The van der Waals surface area contributed by atoms with Crippen molar-refractivity contribution in [3.8, 4) is 5.88 Å². The van der Waals surface area contributed by atoms with Crippen LogP contribution in [0.3, 0.4) is 0 Å². The fourth-order valence-electron chi connectivity index (χ4n) is 2.46. The molecule has 2 fully saturated rings. The second kappa shape index (κ2) is 7.61. The predicted molar refractivity (Wildman–Crippen MR) is 78.8 cm³/mol. The van der Waals surface area contributed by atoms with Crippen LogP contribution >= 0.6 is 12.4 Å². The van der Waals surface area contributed by atoms with Gasteiger partial charge in [-0.15, -0.1) is 12.4 Å². The van der Waals surface area contributed by atoms with Crippen LogP contribution in [0.25, 0.3) is 0 Å². The molecular weight excluding hydrogens is 280 g/mol. The first kappa shape index (κ1) is 15.3. The standard InChI is InChI=1S/C13H20N4O2.ClH/c1-3-14-4-2-11(1)19-13-12(15-5-6-16-13)17-7-9-18-10-8-17;/h5-6,11,14H,1-4,7-10H2;1H. The minimum absolute atomic E-state index is 0. The van der Waals surface area contributed by atoms with Gasteiger partial charge in [-0.1, -0.05) is 0 Å². The average Bonchev–Trinajstić information content (AvgIpc) is 2.50. The lowest BCUT2D eigenvalue weighted by atomic mass is 10.1. The highest BCUT2D eigenvalue weighted by molar-refractivity contribution is 5.85. The molecule has 2 saturated heterocycles. The quantitative estimate of drug-likeness (QED) is 0.894. The molecule has 0 atom stereocenters. The first-order valence-electron chi connectivity index (χ1n) is 6.94. The molecule has 0 saturated carbocycles. The maximum Gasteiger partial charge on any atom is 0.257 e. The zero-order valence-corrected chi connectivity index (χ0v) is 12.3. The summed E-state index contributed by atoms with van der Waals surface area (Å²) in [5.41, 5.74) is 0. The smallest absolute Gasteiger partial charge is 0.257 e. The minimum atomic E-state index is 0. The van der Waals surface area contributed by atoms with Crippen molar-refractivity contribution in [2.75, 3.05) is 44.3 Å². The van der Waals surface area contributed by atoms with E-state index in [1.54, 1.807) is 12.4 Å². The highest BCUT2D eigenvalue weighted by atomic mass is 35.5. The van der Waals surface area contributed by atoms with Crippen molar-refractivity contribution in [2.24, 2.45) is 0 Å². The van der Waals surface area contributed by atoms with Crippen molar-refractivity contribution in [3.63, 3.8) is 0 Å². The SMILES string of the molecule is Cl.c1cnc(N2CCOCC2)c(OC2CCNCC2)n1. The lowest BCUT2D eigenvalue weighted by Crippen LogP contribution is -2.38. The Kier molecular flexibility index (Phi) is 5.82. The molecule has 0 aliphatic carbocycles. The van der Waals surface area contributed by atoms with Gasteiger partial charge in [-0.05, 0) is 25.9 Å². The maximum absolute atomic E-state index is 6.04. The summed E-state index contributed by atoms with van der Waals surface area (Å²) >= 11 is 0. The highest BCUT2D eigenvalue weighted by Gasteiger charge is 2.21. The number of morpholine rings is 1. The van der Waals surface area contributed by atoms with Crippen LogP contribution in [0.2, 0.25) is 0 Å². The zero-order chi connectivity index (χ0) is 12.9. The van der Waals surface area contributed by atoms with Gasteiger partial charge in [0.1, 0.15) is 6.10 Å². The van der Waals surface area contributed by atoms with Crippen LogP contribution < -0.4 is 15.0 Å². The number of piperidine rings is 1. The summed E-state index contributed by atoms with van der Waals surface area (Å²) < 4.78 is 11.4. The summed E-state index contributed by atoms with van der Waals surface area (Å²) in [5.74, 6) is 1.51. The van der Waals surface area contributed by atoms with Gasteiger partial charge >= 0.3 is 0 Å². The number of aromatic nitrogens is 2. The maximum atomic E-state index is 6.04. The Morgan fingerprint density at radius 3 is 2.60 bits per heavy atom. The van der Waals surface area contributed by atoms with Gasteiger partial charge < -0.3 is 19.7 Å². The number of ether oxygens (including phenoxy) is 2. The van der Waals surface area contributed by atoms with Gasteiger partial charge in [-0.2, -0.15) is 0 Å². The van der Waals surface area contributed by atoms with E-state index in [2.05, 4.69) is 20.2 Å². The summed E-state index contributed by atoms with van der Waals surface area (Å²) in [4.78, 5) is 11.0. The van der Waals surface area contributed by atoms with E-state index in [4.69, 9.17) is 9.47 Å². The van der Waals surface area contributed by atoms with Gasteiger partial charge in [0.05, 0.1) is 13.2 Å². The molecule has 2 aliphatic heterocycles. The minimum Gasteiger partial charge on any atom is -0.472 e. The van der Waals surface area contributed by atoms with Crippen LogP contribution in [-0.2, 0) is 4.74 Å². The first-order chi connectivity index (χ1) is 9.43. The van der Waals surface area contributed by atoms with Crippen LogP contribution in [0.4, 0.5) is 5.82 Å². The molecule has 7 heteroatoms. The normalized spacial score (nSPS) is 20.3. The number of hydrogen-bond donors (Lipinski definition) is 1. The summed E-state index contributed by atoms with van der Waals surface area (Å²) in [6.07, 6.45) is 5.72. The Morgan fingerprint density at radius 2 is 1.85 bits per heavy atom. The molecular formula is C13H21ClN4O2. The van der Waals surface area contributed by atoms with E-state index in [9.17, 15) is 0 Å². The third-order valence-corrected chi connectivity index (χ3v) is 3.52. The summed E-state index contributed by atoms with van der Waals surface area (Å²) in [7, 11) is 0. The molecule has 0 unspecified atom stereocenters. The fraction of sp³-hybridized carbons (Fsp3) is 0.692. The van der Waals surface area contributed by atoms with Gasteiger partial charge in [-0.3, -0.25) is 0 Å². The average molecular weight is 301 g/mol. The Labute approximate surface area is 125 Å². The van der Waals surface area contributed by atoms with Crippen molar-refractivity contribution in [3.05, 3.63) is 12.4 Å². The van der Waals surface area contributed by atoms with Crippen LogP contribution in [-0.4, -0.2) is 55.5 Å². The Hall–Kier alpha value is -1.11. The third-order valence-electron chi connectivity index (χ3n) is 3.52. The van der Waals surface area contributed by atoms with Crippen molar-refractivity contribution in [1.29, 1.82) is 0 Å². The van der Waals surface area contributed by atoms with E-state index in [1.165, 1.54) is 0 Å². The Bertz CT molecular complexity index is 409. The number of anilines is 1. The second-order valence-electron chi connectivity index (χ2n) is 4.85. The van der Waals surface area contributed by atoms with Crippen molar-refractivity contribution < 1.29 is 9.47 Å². The van der Waals surface area contributed by atoms with Crippen LogP contribution in [0.1, 0.15) is 12.8 Å². The lowest BCUT2D eigenvalue weighted by Gasteiger charge is -2.30. The molecule has 3 heterocycles. The van der Waals surface area contributed by atoms with E-state index in [0.29, 0.717) is 5.88 Å². The van der Waals surface area contributed by atoms with E-state index >= 15 is 0 Å². The summed E-state index contributed by atoms with van der Waals surface area (Å²) in [6.45, 7) is 5.20. The topological polar surface area (TPSA) is 59.5 Å². The Morgan fingerprint density at radius 1 is 1.15 bits per heavy atom. The summed E-state index contributed by atoms with van der Waals surface area (Å²) in [6, 6.07) is 0. The molecule has 0 spiro atoms. The van der Waals surface area contributed by atoms with E-state index in [1.807, 2.05) is 0 Å². The number of nitrogens with zero attached hydrogens (tertiary/aromatic N) is 3. The first-order valence-corrected chi connectivity index (χ1v) is 6.94. The molecule has 1 aromatic heterocycles. The third kappa shape index (κ3) is 3.71. The molecule has 0 amide bonds. The van der Waals surface area contributed by atoms with E-state index < -0.39 is 0 Å². The van der Waals surface area contributed by atoms with Gasteiger partial charge in [0.2, 0.25) is 0 Å². The molecule has 0 radical (unpaired) electrons. The second-order valence-corrected chi connectivity index (χ2v) is 4.85. The molecule has 2 aliphatic rings. The molecule has 1 aromatic rings. The Balaban J connectivity index is 0.00000147. The van der Waals surface area contributed by atoms with Crippen molar-refractivity contribution in [1.82, 2.24) is 15.3 Å². The number of halogens is 1. The zero-order valence-electron chi connectivity index (χ0n) is 11.5. The number of hydrogen-bond acceptors (Lipinski definition) is 6. The largest absolute Gasteiger partial charge is 0.472 e. The molecule has 6 nitrogen and oxygen atoms in total. The van der Waals surface area contributed by atoms with Gasteiger partial charge in [0.25, 0.3) is 5.88 Å². The van der Waals surface area contributed by atoms with E-state index in [-0.39, 0.29) is 18.5 Å². The predicted octanol–water partition coefficient (Wildman–Crippen LogP) is 0.866. The van der Waals surface area contributed by atoms with Crippen molar-refractivity contribution >= 4 is 18.2 Å². The summed E-state index contributed by atoms with van der Waals surface area (Å²) in [5, 5.41) is 3.34. The van der Waals surface area contributed by atoms with Crippen LogP contribution in [0, 0.1) is 0 Å². The number of rotatable bonds is 3. The molecule has 3 rings (SSSR count). The number of nitrogens with one attached hydrogen (secondary N) is 1. The molecule has 0 aromatic carbocycles. The van der Waals surface area contributed by atoms with E-state index in [0.717, 1.165) is 58.1 Å². The molecule has 20 heavy (non-hydrogen) atoms. The molecule has 1 N–H and O–H groups in total. The fourth-order valence-corrected chi connectivity index (χ4v) is 2.46. The highest BCUT2D eigenvalue weighted by Crippen LogP contribution is 2.25. The van der Waals surface area contributed by atoms with Gasteiger partial charge in [0.15, 0.2) is 5.82 Å². The van der Waals surface area contributed by atoms with Crippen molar-refractivity contribution in [2.45, 2.75) is 18.9 Å². The van der Waals surface area contributed by atoms with Crippen LogP contribution in [0.15, 0.2) is 12.4 Å². The molecule has 112 valence electrons. The van der Waals surface area contributed by atoms with Gasteiger partial charge in [0, 0.05) is 25.5 Å². The monoisotopic (exact) mass is 300 g/mol. The van der Waals surface area contributed by atoms with Gasteiger partial charge in [-0.25, -0.2) is 9.97 Å².